The maximum Gasteiger partial charge on any atom is 0.337 e. The SMILES string of the molecule is CCOc1ncnc(Nc2ccc(Cl)c(C(=O)O)c2)c1C. The summed E-state index contributed by atoms with van der Waals surface area (Å²) in [5.74, 6) is -0.0485. The fourth-order valence-electron chi connectivity index (χ4n) is 1.75. The highest BCUT2D eigenvalue weighted by molar-refractivity contribution is 6.33. The van der Waals surface area contributed by atoms with E-state index in [0.717, 1.165) is 5.56 Å². The fourth-order valence-corrected chi connectivity index (χ4v) is 1.94. The first-order chi connectivity index (χ1) is 10.0. The summed E-state index contributed by atoms with van der Waals surface area (Å²) in [6.07, 6.45) is 1.38. The van der Waals surface area contributed by atoms with E-state index in [0.29, 0.717) is 24.0 Å². The van der Waals surface area contributed by atoms with Gasteiger partial charge in [-0.3, -0.25) is 0 Å². The maximum absolute atomic E-state index is 11.1. The summed E-state index contributed by atoms with van der Waals surface area (Å²) in [6, 6.07) is 4.65. The van der Waals surface area contributed by atoms with Gasteiger partial charge in [-0.15, -0.1) is 0 Å². The number of rotatable bonds is 5. The smallest absolute Gasteiger partial charge is 0.337 e. The lowest BCUT2D eigenvalue weighted by molar-refractivity contribution is 0.0697. The number of nitrogens with zero attached hydrogens (tertiary/aromatic N) is 2. The average molecular weight is 308 g/mol. The molecule has 0 aliphatic rings. The number of ether oxygens (including phenoxy) is 1. The Morgan fingerprint density at radius 3 is 2.86 bits per heavy atom. The number of anilines is 2. The number of benzene rings is 1. The molecule has 0 saturated heterocycles. The number of hydrogen-bond acceptors (Lipinski definition) is 5. The number of nitrogens with one attached hydrogen (secondary N) is 1. The molecule has 0 bridgehead atoms. The summed E-state index contributed by atoms with van der Waals surface area (Å²) in [7, 11) is 0. The largest absolute Gasteiger partial charge is 0.478 e. The van der Waals surface area contributed by atoms with Gasteiger partial charge in [0.1, 0.15) is 12.1 Å². The van der Waals surface area contributed by atoms with Crippen LogP contribution in [0.5, 0.6) is 5.88 Å². The second-order valence-electron chi connectivity index (χ2n) is 4.21. The van der Waals surface area contributed by atoms with Crippen LogP contribution in [0.3, 0.4) is 0 Å². The van der Waals surface area contributed by atoms with Crippen LogP contribution in [0.4, 0.5) is 11.5 Å². The minimum atomic E-state index is -1.09. The molecule has 0 amide bonds. The Labute approximate surface area is 126 Å². The molecule has 0 aliphatic carbocycles. The van der Waals surface area contributed by atoms with Crippen molar-refractivity contribution in [2.24, 2.45) is 0 Å². The topological polar surface area (TPSA) is 84.3 Å². The van der Waals surface area contributed by atoms with Crippen LogP contribution in [-0.2, 0) is 0 Å². The minimum Gasteiger partial charge on any atom is -0.478 e. The monoisotopic (exact) mass is 307 g/mol. The van der Waals surface area contributed by atoms with E-state index in [-0.39, 0.29) is 10.6 Å². The zero-order valence-electron chi connectivity index (χ0n) is 11.6. The lowest BCUT2D eigenvalue weighted by atomic mass is 10.2. The molecule has 0 radical (unpaired) electrons. The van der Waals surface area contributed by atoms with Crippen molar-refractivity contribution in [3.8, 4) is 5.88 Å². The number of halogens is 1. The van der Waals surface area contributed by atoms with Gasteiger partial charge in [-0.05, 0) is 32.0 Å². The Kier molecular flexibility index (Phi) is 4.59. The van der Waals surface area contributed by atoms with Crippen molar-refractivity contribution in [2.75, 3.05) is 11.9 Å². The van der Waals surface area contributed by atoms with Gasteiger partial charge in [0.25, 0.3) is 0 Å². The molecule has 0 spiro atoms. The van der Waals surface area contributed by atoms with Crippen molar-refractivity contribution < 1.29 is 14.6 Å². The van der Waals surface area contributed by atoms with E-state index in [2.05, 4.69) is 15.3 Å². The van der Waals surface area contributed by atoms with Crippen LogP contribution in [0.2, 0.25) is 5.02 Å². The lowest BCUT2D eigenvalue weighted by Gasteiger charge is -2.12. The summed E-state index contributed by atoms with van der Waals surface area (Å²) < 4.78 is 5.39. The molecule has 1 heterocycles. The Morgan fingerprint density at radius 1 is 1.43 bits per heavy atom. The van der Waals surface area contributed by atoms with Crippen molar-refractivity contribution in [3.05, 3.63) is 40.7 Å². The lowest BCUT2D eigenvalue weighted by Crippen LogP contribution is -2.04. The van der Waals surface area contributed by atoms with E-state index in [1.165, 1.54) is 18.5 Å². The van der Waals surface area contributed by atoms with Crippen molar-refractivity contribution >= 4 is 29.1 Å². The van der Waals surface area contributed by atoms with Crippen molar-refractivity contribution in [1.82, 2.24) is 9.97 Å². The Morgan fingerprint density at radius 2 is 2.19 bits per heavy atom. The van der Waals surface area contributed by atoms with Crippen molar-refractivity contribution in [3.63, 3.8) is 0 Å². The van der Waals surface area contributed by atoms with Gasteiger partial charge in [-0.1, -0.05) is 11.6 Å². The average Bonchev–Trinajstić information content (AvgIpc) is 2.45. The predicted molar refractivity (Wildman–Crippen MR) is 79.6 cm³/mol. The Balaban J connectivity index is 2.32. The molecule has 2 rings (SSSR count). The summed E-state index contributed by atoms with van der Waals surface area (Å²) in [5.41, 5.74) is 1.34. The highest BCUT2D eigenvalue weighted by atomic mass is 35.5. The molecule has 0 fully saturated rings. The van der Waals surface area contributed by atoms with Crippen LogP contribution in [0.1, 0.15) is 22.8 Å². The molecule has 6 nitrogen and oxygen atoms in total. The molecule has 110 valence electrons. The summed E-state index contributed by atoms with van der Waals surface area (Å²) >= 11 is 5.84. The van der Waals surface area contributed by atoms with Gasteiger partial charge in [0.05, 0.1) is 22.8 Å². The van der Waals surface area contributed by atoms with Crippen LogP contribution in [0.25, 0.3) is 0 Å². The van der Waals surface area contributed by atoms with Crippen LogP contribution in [0.15, 0.2) is 24.5 Å². The molecule has 0 unspecified atom stereocenters. The first-order valence-corrected chi connectivity index (χ1v) is 6.65. The van der Waals surface area contributed by atoms with Gasteiger partial charge < -0.3 is 15.2 Å². The van der Waals surface area contributed by atoms with E-state index in [1.54, 1.807) is 6.07 Å². The van der Waals surface area contributed by atoms with Crippen LogP contribution in [-0.4, -0.2) is 27.7 Å². The Hall–Kier alpha value is -2.34. The van der Waals surface area contributed by atoms with E-state index in [4.69, 9.17) is 21.4 Å². The second kappa shape index (κ2) is 6.41. The van der Waals surface area contributed by atoms with Gasteiger partial charge in [0.2, 0.25) is 5.88 Å². The van der Waals surface area contributed by atoms with Gasteiger partial charge in [0, 0.05) is 5.69 Å². The molecule has 0 aliphatic heterocycles. The fraction of sp³-hybridized carbons (Fsp3) is 0.214. The maximum atomic E-state index is 11.1. The number of aromatic nitrogens is 2. The first kappa shape index (κ1) is 15.1. The summed E-state index contributed by atoms with van der Waals surface area (Å²) in [6.45, 7) is 4.19. The first-order valence-electron chi connectivity index (χ1n) is 6.27. The molecule has 2 aromatic rings. The van der Waals surface area contributed by atoms with Crippen molar-refractivity contribution in [2.45, 2.75) is 13.8 Å². The molecule has 0 atom stereocenters. The van der Waals surface area contributed by atoms with E-state index in [1.807, 2.05) is 13.8 Å². The summed E-state index contributed by atoms with van der Waals surface area (Å²) in [4.78, 5) is 19.2. The molecular weight excluding hydrogens is 294 g/mol. The third kappa shape index (κ3) is 3.41. The predicted octanol–water partition coefficient (Wildman–Crippen LogP) is 3.28. The van der Waals surface area contributed by atoms with Gasteiger partial charge in [0.15, 0.2) is 0 Å². The number of aromatic carboxylic acids is 1. The quantitative estimate of drug-likeness (QED) is 0.882. The van der Waals surface area contributed by atoms with Crippen LogP contribution in [0, 0.1) is 6.92 Å². The molecule has 1 aromatic heterocycles. The standard InChI is InChI=1S/C14H14ClN3O3/c1-3-21-13-8(2)12(16-7-17-13)18-9-4-5-11(15)10(6-9)14(19)20/h4-7H,3H2,1-2H3,(H,19,20)(H,16,17,18). The van der Waals surface area contributed by atoms with Gasteiger partial charge >= 0.3 is 5.97 Å². The normalized spacial score (nSPS) is 10.2. The summed E-state index contributed by atoms with van der Waals surface area (Å²) in [5, 5.41) is 12.3. The molecule has 0 saturated carbocycles. The third-order valence-corrected chi connectivity index (χ3v) is 3.11. The Bertz CT molecular complexity index is 677. The van der Waals surface area contributed by atoms with Crippen LogP contribution < -0.4 is 10.1 Å². The number of hydrogen-bond donors (Lipinski definition) is 2. The molecule has 21 heavy (non-hydrogen) atoms. The number of carboxylic acids is 1. The number of carboxylic acid groups (broad SMARTS) is 1. The van der Waals surface area contributed by atoms with Crippen molar-refractivity contribution in [1.29, 1.82) is 0 Å². The zero-order chi connectivity index (χ0) is 15.4. The number of carbonyl (C=O) groups is 1. The highest BCUT2D eigenvalue weighted by Crippen LogP contribution is 2.26. The van der Waals surface area contributed by atoms with Gasteiger partial charge in [-0.2, -0.15) is 0 Å². The van der Waals surface area contributed by atoms with E-state index >= 15 is 0 Å². The zero-order valence-corrected chi connectivity index (χ0v) is 12.3. The van der Waals surface area contributed by atoms with E-state index in [9.17, 15) is 4.79 Å². The molecule has 2 N–H and O–H groups in total. The van der Waals surface area contributed by atoms with Crippen LogP contribution >= 0.6 is 11.6 Å². The van der Waals surface area contributed by atoms with Gasteiger partial charge in [-0.25, -0.2) is 14.8 Å². The second-order valence-corrected chi connectivity index (χ2v) is 4.62. The third-order valence-electron chi connectivity index (χ3n) is 2.78. The highest BCUT2D eigenvalue weighted by Gasteiger charge is 2.12. The molecular formula is C14H14ClN3O3. The molecule has 7 heteroatoms. The molecule has 1 aromatic carbocycles. The minimum absolute atomic E-state index is 0.0263. The van der Waals surface area contributed by atoms with E-state index < -0.39 is 5.97 Å².